The third-order valence-corrected chi connectivity index (χ3v) is 5.39. The van der Waals surface area contributed by atoms with E-state index >= 15 is 0 Å². The second kappa shape index (κ2) is 5.20. The van der Waals surface area contributed by atoms with E-state index in [0.717, 1.165) is 6.54 Å². The zero-order valence-corrected chi connectivity index (χ0v) is 12.0. The quantitative estimate of drug-likeness (QED) is 0.819. The average molecular weight is 253 g/mol. The molecule has 1 aliphatic carbocycles. The fourth-order valence-corrected chi connectivity index (χ4v) is 3.35. The first-order valence-electron chi connectivity index (χ1n) is 7.38. The maximum absolute atomic E-state index is 10.8. The summed E-state index contributed by atoms with van der Waals surface area (Å²) in [6.07, 6.45) is 5.48. The molecule has 1 saturated heterocycles. The molecule has 0 bridgehead atoms. The van der Waals surface area contributed by atoms with E-state index in [1.807, 2.05) is 0 Å². The lowest BCUT2D eigenvalue weighted by atomic mass is 9.83. The van der Waals surface area contributed by atoms with Gasteiger partial charge in [-0.1, -0.05) is 13.8 Å². The van der Waals surface area contributed by atoms with Crippen LogP contribution in [0.25, 0.3) is 0 Å². The molecular weight excluding hydrogens is 226 g/mol. The number of likely N-dealkylation sites (tertiary alicyclic amines) is 1. The smallest absolute Gasteiger partial charge is 0.303 e. The van der Waals surface area contributed by atoms with Crippen LogP contribution in [0, 0.1) is 17.3 Å². The van der Waals surface area contributed by atoms with E-state index in [0.29, 0.717) is 29.7 Å². The molecule has 1 N–H and O–H groups in total. The number of rotatable bonds is 5. The van der Waals surface area contributed by atoms with Crippen molar-refractivity contribution in [3.05, 3.63) is 0 Å². The Morgan fingerprint density at radius 3 is 2.67 bits per heavy atom. The van der Waals surface area contributed by atoms with Crippen molar-refractivity contribution < 1.29 is 9.90 Å². The van der Waals surface area contributed by atoms with Crippen molar-refractivity contribution in [3.8, 4) is 0 Å². The van der Waals surface area contributed by atoms with Gasteiger partial charge in [0.2, 0.25) is 0 Å². The van der Waals surface area contributed by atoms with Gasteiger partial charge in [0.15, 0.2) is 0 Å². The topological polar surface area (TPSA) is 40.5 Å². The largest absolute Gasteiger partial charge is 0.481 e. The van der Waals surface area contributed by atoms with Crippen molar-refractivity contribution in [1.82, 2.24) is 4.90 Å². The summed E-state index contributed by atoms with van der Waals surface area (Å²) in [7, 11) is 0. The first-order valence-corrected chi connectivity index (χ1v) is 7.38. The lowest BCUT2D eigenvalue weighted by Crippen LogP contribution is -2.46. The summed E-state index contributed by atoms with van der Waals surface area (Å²) in [5, 5.41) is 8.92. The van der Waals surface area contributed by atoms with E-state index < -0.39 is 5.97 Å². The van der Waals surface area contributed by atoms with Crippen molar-refractivity contribution in [2.24, 2.45) is 17.3 Å². The summed E-state index contributed by atoms with van der Waals surface area (Å²) in [4.78, 5) is 13.4. The van der Waals surface area contributed by atoms with Crippen LogP contribution in [0.4, 0.5) is 0 Å². The van der Waals surface area contributed by atoms with Crippen LogP contribution in [0.1, 0.15) is 52.9 Å². The molecule has 0 amide bonds. The average Bonchev–Trinajstić information content (AvgIpc) is 3.07. The molecule has 1 saturated carbocycles. The van der Waals surface area contributed by atoms with Gasteiger partial charge in [-0.05, 0) is 56.4 Å². The van der Waals surface area contributed by atoms with Gasteiger partial charge in [0.05, 0.1) is 0 Å². The van der Waals surface area contributed by atoms with E-state index in [9.17, 15) is 4.79 Å². The van der Waals surface area contributed by atoms with Crippen molar-refractivity contribution in [2.75, 3.05) is 13.1 Å². The predicted octanol–water partition coefficient (Wildman–Crippen LogP) is 3.00. The van der Waals surface area contributed by atoms with Crippen LogP contribution in [0.5, 0.6) is 0 Å². The van der Waals surface area contributed by atoms with Gasteiger partial charge in [0.1, 0.15) is 0 Å². The van der Waals surface area contributed by atoms with Gasteiger partial charge in [-0.3, -0.25) is 9.69 Å². The van der Waals surface area contributed by atoms with Crippen molar-refractivity contribution in [1.29, 1.82) is 0 Å². The molecule has 3 atom stereocenters. The first kappa shape index (κ1) is 13.9. The number of nitrogens with zero attached hydrogens (tertiary/aromatic N) is 1. The van der Waals surface area contributed by atoms with Gasteiger partial charge in [0, 0.05) is 19.0 Å². The summed E-state index contributed by atoms with van der Waals surface area (Å²) in [6, 6.07) is 0.664. The first-order chi connectivity index (χ1) is 8.42. The number of hydrogen-bond acceptors (Lipinski definition) is 2. The molecule has 1 aliphatic heterocycles. The second-order valence-electron chi connectivity index (χ2n) is 6.80. The summed E-state index contributed by atoms with van der Waals surface area (Å²) in [5.41, 5.74) is 0.540. The van der Waals surface area contributed by atoms with E-state index in [-0.39, 0.29) is 0 Å². The van der Waals surface area contributed by atoms with E-state index in [4.69, 9.17) is 5.11 Å². The number of aliphatic carboxylic acids is 1. The number of carboxylic acids is 1. The normalized spacial score (nSPS) is 30.7. The van der Waals surface area contributed by atoms with Crippen molar-refractivity contribution in [2.45, 2.75) is 58.9 Å². The Kier molecular flexibility index (Phi) is 4.00. The van der Waals surface area contributed by atoms with Crippen LogP contribution in [0.15, 0.2) is 0 Å². The summed E-state index contributed by atoms with van der Waals surface area (Å²) < 4.78 is 0. The lowest BCUT2D eigenvalue weighted by molar-refractivity contribution is -0.138. The van der Waals surface area contributed by atoms with Gasteiger partial charge in [-0.15, -0.1) is 0 Å². The molecule has 3 unspecified atom stereocenters. The molecule has 2 fully saturated rings. The molecule has 0 aromatic carbocycles. The molecule has 2 rings (SSSR count). The Labute approximate surface area is 111 Å². The maximum Gasteiger partial charge on any atom is 0.303 e. The van der Waals surface area contributed by atoms with Gasteiger partial charge in [-0.2, -0.15) is 0 Å². The summed E-state index contributed by atoms with van der Waals surface area (Å²) >= 11 is 0. The number of piperidine rings is 1. The van der Waals surface area contributed by atoms with Crippen LogP contribution in [-0.2, 0) is 4.79 Å². The van der Waals surface area contributed by atoms with Gasteiger partial charge in [0.25, 0.3) is 0 Å². The third-order valence-electron chi connectivity index (χ3n) is 5.39. The Balaban J connectivity index is 1.89. The van der Waals surface area contributed by atoms with E-state index in [2.05, 4.69) is 25.7 Å². The molecule has 3 nitrogen and oxygen atoms in total. The van der Waals surface area contributed by atoms with Crippen molar-refractivity contribution in [3.63, 3.8) is 0 Å². The monoisotopic (exact) mass is 253 g/mol. The maximum atomic E-state index is 10.8. The highest BCUT2D eigenvalue weighted by Gasteiger charge is 2.45. The second-order valence-corrected chi connectivity index (χ2v) is 6.80. The highest BCUT2D eigenvalue weighted by Crippen LogP contribution is 2.50. The van der Waals surface area contributed by atoms with Gasteiger partial charge >= 0.3 is 5.97 Å². The SMILES string of the molecule is CC(CC(=O)O)C1CCCN(C(C)C2(C)CC2)C1. The predicted molar refractivity (Wildman–Crippen MR) is 72.5 cm³/mol. The van der Waals surface area contributed by atoms with Crippen LogP contribution in [0.3, 0.4) is 0 Å². The molecule has 18 heavy (non-hydrogen) atoms. The highest BCUT2D eigenvalue weighted by atomic mass is 16.4. The molecule has 0 radical (unpaired) electrons. The Bertz CT molecular complexity index is 312. The van der Waals surface area contributed by atoms with E-state index in [1.165, 1.54) is 32.2 Å². The van der Waals surface area contributed by atoms with Crippen LogP contribution < -0.4 is 0 Å². The fourth-order valence-electron chi connectivity index (χ4n) is 3.35. The number of hydrogen-bond donors (Lipinski definition) is 1. The standard InChI is InChI=1S/C15H27NO2/c1-11(9-14(17)18)13-5-4-8-16(10-13)12(2)15(3)6-7-15/h11-13H,4-10H2,1-3H3,(H,17,18). The van der Waals surface area contributed by atoms with Crippen LogP contribution in [0.2, 0.25) is 0 Å². The molecule has 104 valence electrons. The van der Waals surface area contributed by atoms with Gasteiger partial charge in [-0.25, -0.2) is 0 Å². The minimum Gasteiger partial charge on any atom is -0.481 e. The zero-order chi connectivity index (χ0) is 13.3. The molecule has 2 aliphatic rings. The minimum absolute atomic E-state index is 0.310. The summed E-state index contributed by atoms with van der Waals surface area (Å²) in [5.74, 6) is 0.228. The fraction of sp³-hybridized carbons (Fsp3) is 0.933. The summed E-state index contributed by atoms with van der Waals surface area (Å²) in [6.45, 7) is 9.16. The zero-order valence-electron chi connectivity index (χ0n) is 12.0. The molecule has 0 aromatic heterocycles. The Morgan fingerprint density at radius 2 is 2.11 bits per heavy atom. The lowest BCUT2D eigenvalue weighted by Gasteiger charge is -2.41. The highest BCUT2D eigenvalue weighted by molar-refractivity contribution is 5.67. The Morgan fingerprint density at radius 1 is 1.44 bits per heavy atom. The molecule has 3 heteroatoms. The van der Waals surface area contributed by atoms with Crippen LogP contribution >= 0.6 is 0 Å². The minimum atomic E-state index is -0.651. The number of carbonyl (C=O) groups is 1. The van der Waals surface area contributed by atoms with Crippen molar-refractivity contribution >= 4 is 5.97 Å². The van der Waals surface area contributed by atoms with Gasteiger partial charge < -0.3 is 5.11 Å². The Hall–Kier alpha value is -0.570. The molecule has 1 heterocycles. The number of carboxylic acid groups (broad SMARTS) is 1. The third kappa shape index (κ3) is 3.05. The molecular formula is C15H27NO2. The van der Waals surface area contributed by atoms with Crippen LogP contribution in [-0.4, -0.2) is 35.1 Å². The van der Waals surface area contributed by atoms with E-state index in [1.54, 1.807) is 0 Å². The molecule has 0 aromatic rings. The molecule has 0 spiro atoms.